The lowest BCUT2D eigenvalue weighted by molar-refractivity contribution is -0.114. The van der Waals surface area contributed by atoms with Crippen molar-refractivity contribution in [2.75, 3.05) is 29.2 Å². The Bertz CT molecular complexity index is 815. The molecule has 2 aromatic rings. The van der Waals surface area contributed by atoms with Crippen LogP contribution in [0, 0.1) is 6.92 Å². The number of aryl methyl sites for hydroxylation is 1. The first kappa shape index (κ1) is 20.4. The molecule has 0 heterocycles. The van der Waals surface area contributed by atoms with Crippen LogP contribution in [0.15, 0.2) is 36.4 Å². The third-order valence-corrected chi connectivity index (χ3v) is 4.90. The molecular formula is C18H18Cl2N2O3S. The van der Waals surface area contributed by atoms with E-state index >= 15 is 0 Å². The Morgan fingerprint density at radius 1 is 1.08 bits per heavy atom. The molecule has 138 valence electrons. The molecule has 0 atom stereocenters. The first-order chi connectivity index (χ1) is 12.4. The van der Waals surface area contributed by atoms with Crippen LogP contribution in [0.3, 0.4) is 0 Å². The van der Waals surface area contributed by atoms with E-state index in [1.54, 1.807) is 36.4 Å². The lowest BCUT2D eigenvalue weighted by Gasteiger charge is -2.12. The highest BCUT2D eigenvalue weighted by molar-refractivity contribution is 8.00. The maximum Gasteiger partial charge on any atom is 0.234 e. The normalized spacial score (nSPS) is 10.3. The number of benzene rings is 2. The third kappa shape index (κ3) is 6.12. The van der Waals surface area contributed by atoms with Crippen molar-refractivity contribution in [1.29, 1.82) is 0 Å². The van der Waals surface area contributed by atoms with E-state index in [1.807, 2.05) is 6.92 Å². The van der Waals surface area contributed by atoms with Crippen molar-refractivity contribution < 1.29 is 14.3 Å². The number of thioether (sulfide) groups is 1. The van der Waals surface area contributed by atoms with Crippen molar-refractivity contribution in [1.82, 2.24) is 0 Å². The van der Waals surface area contributed by atoms with Gasteiger partial charge >= 0.3 is 0 Å². The quantitative estimate of drug-likeness (QED) is 0.695. The van der Waals surface area contributed by atoms with Crippen molar-refractivity contribution in [3.63, 3.8) is 0 Å². The molecule has 0 unspecified atom stereocenters. The van der Waals surface area contributed by atoms with E-state index in [9.17, 15) is 9.59 Å². The summed E-state index contributed by atoms with van der Waals surface area (Å²) in [6.07, 6.45) is 0. The molecule has 26 heavy (non-hydrogen) atoms. The van der Waals surface area contributed by atoms with Crippen LogP contribution in [-0.4, -0.2) is 30.4 Å². The summed E-state index contributed by atoms with van der Waals surface area (Å²) in [5, 5.41) is 6.60. The van der Waals surface area contributed by atoms with E-state index in [-0.39, 0.29) is 23.3 Å². The van der Waals surface area contributed by atoms with Gasteiger partial charge in [0.2, 0.25) is 11.8 Å². The summed E-state index contributed by atoms with van der Waals surface area (Å²) >= 11 is 13.1. The Kier molecular flexibility index (Phi) is 7.63. The largest absolute Gasteiger partial charge is 0.495 e. The smallest absolute Gasteiger partial charge is 0.234 e. The third-order valence-electron chi connectivity index (χ3n) is 3.33. The maximum atomic E-state index is 12.1. The van der Waals surface area contributed by atoms with Gasteiger partial charge in [-0.05, 0) is 36.8 Å². The van der Waals surface area contributed by atoms with Gasteiger partial charge in [0.25, 0.3) is 0 Å². The molecular weight excluding hydrogens is 395 g/mol. The van der Waals surface area contributed by atoms with E-state index in [2.05, 4.69) is 10.6 Å². The number of nitrogens with one attached hydrogen (secondary N) is 2. The van der Waals surface area contributed by atoms with Gasteiger partial charge in [-0.1, -0.05) is 29.3 Å². The van der Waals surface area contributed by atoms with Crippen LogP contribution < -0.4 is 15.4 Å². The highest BCUT2D eigenvalue weighted by atomic mass is 35.5. The molecule has 2 amide bonds. The second-order valence-corrected chi connectivity index (χ2v) is 7.23. The van der Waals surface area contributed by atoms with Crippen molar-refractivity contribution in [3.8, 4) is 5.75 Å². The van der Waals surface area contributed by atoms with Crippen LogP contribution in [-0.2, 0) is 9.59 Å². The van der Waals surface area contributed by atoms with Gasteiger partial charge in [-0.15, -0.1) is 11.8 Å². The first-order valence-corrected chi connectivity index (χ1v) is 9.57. The highest BCUT2D eigenvalue weighted by Crippen LogP contribution is 2.31. The number of carbonyl (C=O) groups excluding carboxylic acids is 2. The summed E-state index contributed by atoms with van der Waals surface area (Å²) in [6.45, 7) is 1.84. The maximum absolute atomic E-state index is 12.1. The number of methoxy groups -OCH3 is 1. The summed E-state index contributed by atoms with van der Waals surface area (Å²) in [5.74, 6) is 0.332. The summed E-state index contributed by atoms with van der Waals surface area (Å²) in [5.41, 5.74) is 1.99. The zero-order valence-electron chi connectivity index (χ0n) is 14.3. The molecule has 2 aromatic carbocycles. The standard InChI is InChI=1S/C18H18Cl2N2O3S/c1-11-6-15(16(25-2)8-14(11)20)22-18(24)10-26-9-17(23)21-13-5-3-4-12(19)7-13/h3-8H,9-10H2,1-2H3,(H,21,23)(H,22,24). The molecule has 0 bridgehead atoms. The molecule has 0 aliphatic heterocycles. The molecule has 0 saturated heterocycles. The van der Waals surface area contributed by atoms with Gasteiger partial charge in [-0.2, -0.15) is 0 Å². The molecule has 0 spiro atoms. The Hall–Kier alpha value is -1.89. The zero-order valence-corrected chi connectivity index (χ0v) is 16.6. The molecule has 0 aromatic heterocycles. The van der Waals surface area contributed by atoms with Crippen LogP contribution in [0.25, 0.3) is 0 Å². The molecule has 2 N–H and O–H groups in total. The molecule has 0 fully saturated rings. The van der Waals surface area contributed by atoms with E-state index in [4.69, 9.17) is 27.9 Å². The SMILES string of the molecule is COc1cc(Cl)c(C)cc1NC(=O)CSCC(=O)Nc1cccc(Cl)c1. The van der Waals surface area contributed by atoms with Gasteiger partial charge in [0, 0.05) is 21.8 Å². The van der Waals surface area contributed by atoms with Gasteiger partial charge in [-0.25, -0.2) is 0 Å². The van der Waals surface area contributed by atoms with Gasteiger partial charge in [0.15, 0.2) is 0 Å². The van der Waals surface area contributed by atoms with E-state index in [0.29, 0.717) is 27.2 Å². The fraction of sp³-hybridized carbons (Fsp3) is 0.222. The number of hydrogen-bond donors (Lipinski definition) is 2. The average Bonchev–Trinajstić information content (AvgIpc) is 2.58. The van der Waals surface area contributed by atoms with Gasteiger partial charge in [0.1, 0.15) is 5.75 Å². The zero-order chi connectivity index (χ0) is 19.1. The molecule has 0 saturated carbocycles. The van der Waals surface area contributed by atoms with Crippen molar-refractivity contribution in [2.24, 2.45) is 0 Å². The molecule has 5 nitrogen and oxygen atoms in total. The lowest BCUT2D eigenvalue weighted by Crippen LogP contribution is -2.18. The summed E-state index contributed by atoms with van der Waals surface area (Å²) in [4.78, 5) is 24.0. The topological polar surface area (TPSA) is 67.4 Å². The summed E-state index contributed by atoms with van der Waals surface area (Å²) in [6, 6.07) is 10.3. The van der Waals surface area contributed by atoms with Gasteiger partial charge < -0.3 is 15.4 Å². The summed E-state index contributed by atoms with van der Waals surface area (Å²) in [7, 11) is 1.51. The number of halogens is 2. The van der Waals surface area contributed by atoms with Crippen molar-refractivity contribution in [2.45, 2.75) is 6.92 Å². The molecule has 0 aliphatic carbocycles. The van der Waals surface area contributed by atoms with Crippen molar-refractivity contribution in [3.05, 3.63) is 52.0 Å². The average molecular weight is 413 g/mol. The molecule has 2 rings (SSSR count). The second kappa shape index (κ2) is 9.71. The fourth-order valence-corrected chi connectivity index (χ4v) is 3.08. The number of carbonyl (C=O) groups is 2. The van der Waals surface area contributed by atoms with Crippen LogP contribution >= 0.6 is 35.0 Å². The predicted octanol–water partition coefficient (Wildman–Crippen LogP) is 4.62. The molecule has 0 radical (unpaired) electrons. The second-order valence-electron chi connectivity index (χ2n) is 5.40. The molecule has 0 aliphatic rings. The van der Waals surface area contributed by atoms with E-state index in [1.165, 1.54) is 18.9 Å². The lowest BCUT2D eigenvalue weighted by atomic mass is 10.2. The van der Waals surface area contributed by atoms with Crippen LogP contribution in [0.4, 0.5) is 11.4 Å². The minimum absolute atomic E-state index is 0.133. The molecule has 8 heteroatoms. The first-order valence-electron chi connectivity index (χ1n) is 7.66. The minimum atomic E-state index is -0.231. The number of hydrogen-bond acceptors (Lipinski definition) is 4. The monoisotopic (exact) mass is 412 g/mol. The van der Waals surface area contributed by atoms with E-state index in [0.717, 1.165) is 5.56 Å². The van der Waals surface area contributed by atoms with Crippen molar-refractivity contribution >= 4 is 58.2 Å². The van der Waals surface area contributed by atoms with Crippen LogP contribution in [0.5, 0.6) is 5.75 Å². The minimum Gasteiger partial charge on any atom is -0.495 e. The van der Waals surface area contributed by atoms with E-state index < -0.39 is 0 Å². The number of anilines is 2. The Labute approximate surface area is 166 Å². The Balaban J connectivity index is 1.82. The predicted molar refractivity (Wildman–Crippen MR) is 109 cm³/mol. The van der Waals surface area contributed by atoms with Gasteiger partial charge in [0.05, 0.1) is 24.3 Å². The summed E-state index contributed by atoms with van der Waals surface area (Å²) < 4.78 is 5.22. The van der Waals surface area contributed by atoms with Crippen LogP contribution in [0.1, 0.15) is 5.56 Å². The van der Waals surface area contributed by atoms with Crippen LogP contribution in [0.2, 0.25) is 10.0 Å². The number of ether oxygens (including phenoxy) is 1. The van der Waals surface area contributed by atoms with Gasteiger partial charge in [-0.3, -0.25) is 9.59 Å². The number of rotatable bonds is 7. The Morgan fingerprint density at radius 3 is 2.42 bits per heavy atom. The number of amides is 2. The Morgan fingerprint density at radius 2 is 1.77 bits per heavy atom. The highest BCUT2D eigenvalue weighted by Gasteiger charge is 2.11. The fourth-order valence-electron chi connectivity index (χ4n) is 2.12.